The van der Waals surface area contributed by atoms with Gasteiger partial charge in [-0.05, 0) is 61.4 Å². The molecule has 0 aliphatic carbocycles. The predicted octanol–water partition coefficient (Wildman–Crippen LogP) is 3.09. The van der Waals surface area contributed by atoms with E-state index in [0.29, 0.717) is 22.6 Å². The maximum atomic E-state index is 13.0. The second-order valence-electron chi connectivity index (χ2n) is 7.75. The van der Waals surface area contributed by atoms with Gasteiger partial charge >= 0.3 is 0 Å². The van der Waals surface area contributed by atoms with Crippen molar-refractivity contribution in [3.63, 3.8) is 0 Å². The van der Waals surface area contributed by atoms with Gasteiger partial charge in [0.05, 0.1) is 17.7 Å². The van der Waals surface area contributed by atoms with Crippen LogP contribution in [0.2, 0.25) is 0 Å². The number of fused-ring (bicyclic) bond motifs is 1. The van der Waals surface area contributed by atoms with E-state index in [9.17, 15) is 15.2 Å². The SMILES string of the molecule is CC1(C)Oc2ccc(C#N)cc2[C@@H](n2ccc(-c3cccc(N)c3)cc2=O)[C@@H]1O. The molecular formula is C23H21N3O3. The largest absolute Gasteiger partial charge is 0.485 e. The molecular weight excluding hydrogens is 366 g/mol. The summed E-state index contributed by atoms with van der Waals surface area (Å²) in [4.78, 5) is 13.0. The van der Waals surface area contributed by atoms with Crippen LogP contribution in [-0.4, -0.2) is 21.4 Å². The van der Waals surface area contributed by atoms with Gasteiger partial charge in [0.2, 0.25) is 0 Å². The quantitative estimate of drug-likeness (QED) is 0.658. The molecule has 2 aromatic carbocycles. The topological polar surface area (TPSA) is 101 Å². The molecule has 0 fully saturated rings. The van der Waals surface area contributed by atoms with E-state index in [1.807, 2.05) is 18.2 Å². The first-order chi connectivity index (χ1) is 13.8. The van der Waals surface area contributed by atoms with Gasteiger partial charge in [0.15, 0.2) is 0 Å². The van der Waals surface area contributed by atoms with Crippen LogP contribution in [0.5, 0.6) is 5.75 Å². The normalized spacial score (nSPS) is 19.7. The van der Waals surface area contributed by atoms with E-state index in [2.05, 4.69) is 6.07 Å². The summed E-state index contributed by atoms with van der Waals surface area (Å²) >= 11 is 0. The first-order valence-corrected chi connectivity index (χ1v) is 9.29. The van der Waals surface area contributed by atoms with E-state index in [1.54, 1.807) is 50.4 Å². The van der Waals surface area contributed by atoms with Crippen molar-refractivity contribution in [2.24, 2.45) is 0 Å². The average Bonchev–Trinajstić information content (AvgIpc) is 2.69. The van der Waals surface area contributed by atoms with Crippen LogP contribution >= 0.6 is 0 Å². The molecule has 146 valence electrons. The number of nitrogen functional groups attached to an aromatic ring is 1. The molecule has 2 atom stereocenters. The van der Waals surface area contributed by atoms with Crippen molar-refractivity contribution in [2.75, 3.05) is 5.73 Å². The Hall–Kier alpha value is -3.56. The average molecular weight is 387 g/mol. The number of aliphatic hydroxyl groups excluding tert-OH is 1. The summed E-state index contributed by atoms with van der Waals surface area (Å²) in [5.74, 6) is 0.552. The number of ether oxygens (including phenoxy) is 1. The fourth-order valence-corrected chi connectivity index (χ4v) is 3.76. The highest BCUT2D eigenvalue weighted by atomic mass is 16.5. The lowest BCUT2D eigenvalue weighted by Gasteiger charge is -2.42. The molecule has 1 aliphatic rings. The third-order valence-corrected chi connectivity index (χ3v) is 5.31. The first-order valence-electron chi connectivity index (χ1n) is 9.29. The van der Waals surface area contributed by atoms with Gasteiger partial charge in [-0.2, -0.15) is 5.26 Å². The minimum Gasteiger partial charge on any atom is -0.485 e. The van der Waals surface area contributed by atoms with Crippen molar-refractivity contribution in [1.29, 1.82) is 5.26 Å². The molecule has 0 saturated heterocycles. The molecule has 6 heteroatoms. The number of benzene rings is 2. The standard InChI is InChI=1S/C23H21N3O3/c1-23(2)22(28)21(18-10-14(13-24)6-7-19(18)29-23)26-9-8-16(12-20(26)27)15-4-3-5-17(25)11-15/h3-12,21-22,28H,25H2,1-2H3/t21-,22+/m1/s1. The highest BCUT2D eigenvalue weighted by Gasteiger charge is 2.44. The second-order valence-corrected chi connectivity index (χ2v) is 7.75. The summed E-state index contributed by atoms with van der Waals surface area (Å²) in [5, 5.41) is 20.3. The van der Waals surface area contributed by atoms with Gasteiger partial charge < -0.3 is 20.1 Å². The van der Waals surface area contributed by atoms with E-state index in [-0.39, 0.29) is 5.56 Å². The minimum absolute atomic E-state index is 0.264. The number of aromatic nitrogens is 1. The van der Waals surface area contributed by atoms with Crippen molar-refractivity contribution in [3.8, 4) is 22.9 Å². The molecule has 0 spiro atoms. The van der Waals surface area contributed by atoms with E-state index < -0.39 is 17.7 Å². The van der Waals surface area contributed by atoms with Gasteiger partial charge in [-0.15, -0.1) is 0 Å². The Bertz CT molecular complexity index is 1190. The molecule has 29 heavy (non-hydrogen) atoms. The summed E-state index contributed by atoms with van der Waals surface area (Å²) in [5.41, 5.74) is 7.93. The van der Waals surface area contributed by atoms with E-state index >= 15 is 0 Å². The van der Waals surface area contributed by atoms with E-state index in [0.717, 1.165) is 11.1 Å². The lowest BCUT2D eigenvalue weighted by atomic mass is 9.85. The number of rotatable bonds is 2. The zero-order valence-corrected chi connectivity index (χ0v) is 16.2. The summed E-state index contributed by atoms with van der Waals surface area (Å²) < 4.78 is 7.43. The molecule has 6 nitrogen and oxygen atoms in total. The van der Waals surface area contributed by atoms with Crippen molar-refractivity contribution in [2.45, 2.75) is 31.6 Å². The van der Waals surface area contributed by atoms with Gasteiger partial charge in [0.1, 0.15) is 17.5 Å². The van der Waals surface area contributed by atoms with Crippen LogP contribution in [0.3, 0.4) is 0 Å². The number of hydrogen-bond acceptors (Lipinski definition) is 5. The van der Waals surface area contributed by atoms with Crippen LogP contribution in [-0.2, 0) is 0 Å². The van der Waals surface area contributed by atoms with Gasteiger partial charge in [-0.25, -0.2) is 0 Å². The second kappa shape index (κ2) is 6.80. The number of nitriles is 1. The maximum Gasteiger partial charge on any atom is 0.251 e. The summed E-state index contributed by atoms with van der Waals surface area (Å²) in [7, 11) is 0. The number of nitrogens with zero attached hydrogens (tertiary/aromatic N) is 2. The number of hydrogen-bond donors (Lipinski definition) is 2. The lowest BCUT2D eigenvalue weighted by molar-refractivity contribution is -0.0642. The molecule has 3 aromatic rings. The molecule has 4 rings (SSSR count). The zero-order valence-electron chi connectivity index (χ0n) is 16.2. The number of anilines is 1. The molecule has 0 bridgehead atoms. The van der Waals surface area contributed by atoms with Crippen molar-refractivity contribution in [3.05, 3.63) is 82.3 Å². The Balaban J connectivity index is 1.85. The van der Waals surface area contributed by atoms with Crippen molar-refractivity contribution in [1.82, 2.24) is 4.57 Å². The predicted molar refractivity (Wildman–Crippen MR) is 111 cm³/mol. The number of nitrogens with two attached hydrogens (primary N) is 1. The molecule has 1 aliphatic heterocycles. The minimum atomic E-state index is -0.986. The Morgan fingerprint density at radius 2 is 1.90 bits per heavy atom. The fourth-order valence-electron chi connectivity index (χ4n) is 3.76. The number of pyridine rings is 1. The van der Waals surface area contributed by atoms with Gasteiger partial charge in [0, 0.05) is 23.5 Å². The van der Waals surface area contributed by atoms with Gasteiger partial charge in [-0.1, -0.05) is 12.1 Å². The van der Waals surface area contributed by atoms with Crippen LogP contribution in [0.15, 0.2) is 65.6 Å². The molecule has 3 N–H and O–H groups in total. The number of aliphatic hydroxyl groups is 1. The van der Waals surface area contributed by atoms with Gasteiger partial charge in [-0.3, -0.25) is 4.79 Å². The molecule has 1 aromatic heterocycles. The molecule has 2 heterocycles. The lowest BCUT2D eigenvalue weighted by Crippen LogP contribution is -2.52. The van der Waals surface area contributed by atoms with Crippen LogP contribution in [0.25, 0.3) is 11.1 Å². The summed E-state index contributed by atoms with van der Waals surface area (Å²) in [6.07, 6.45) is 0.679. The molecule has 0 unspecified atom stereocenters. The molecule has 0 saturated carbocycles. The molecule has 0 radical (unpaired) electrons. The van der Waals surface area contributed by atoms with Crippen LogP contribution in [0.1, 0.15) is 31.0 Å². The first kappa shape index (κ1) is 18.8. The van der Waals surface area contributed by atoms with Crippen molar-refractivity contribution < 1.29 is 9.84 Å². The van der Waals surface area contributed by atoms with E-state index in [1.165, 1.54) is 10.6 Å². The van der Waals surface area contributed by atoms with E-state index in [4.69, 9.17) is 10.5 Å². The maximum absolute atomic E-state index is 13.0. The van der Waals surface area contributed by atoms with Gasteiger partial charge in [0.25, 0.3) is 5.56 Å². The van der Waals surface area contributed by atoms with Crippen LogP contribution in [0.4, 0.5) is 5.69 Å². The van der Waals surface area contributed by atoms with Crippen LogP contribution < -0.4 is 16.0 Å². The zero-order chi connectivity index (χ0) is 20.8. The Kier molecular flexibility index (Phi) is 4.40. The van der Waals surface area contributed by atoms with Crippen LogP contribution in [0, 0.1) is 11.3 Å². The summed E-state index contributed by atoms with van der Waals surface area (Å²) in [6, 6.07) is 17.1. The van der Waals surface area contributed by atoms with Crippen molar-refractivity contribution >= 4 is 5.69 Å². The third kappa shape index (κ3) is 3.26. The Morgan fingerprint density at radius 1 is 1.14 bits per heavy atom. The third-order valence-electron chi connectivity index (χ3n) is 5.31. The summed E-state index contributed by atoms with van der Waals surface area (Å²) in [6.45, 7) is 3.55. The monoisotopic (exact) mass is 387 g/mol. The molecule has 0 amide bonds. The highest BCUT2D eigenvalue weighted by molar-refractivity contribution is 5.66. The highest BCUT2D eigenvalue weighted by Crippen LogP contribution is 2.41. The Labute approximate surface area is 168 Å². The fraction of sp³-hybridized carbons (Fsp3) is 0.217. The Morgan fingerprint density at radius 3 is 2.59 bits per heavy atom. The smallest absolute Gasteiger partial charge is 0.251 e.